The number of halogens is 3. The minimum Gasteiger partial charge on any atom is -0.478 e. The van der Waals surface area contributed by atoms with Gasteiger partial charge in [0.05, 0.1) is 60.2 Å². The van der Waals surface area contributed by atoms with E-state index >= 15 is 4.39 Å². The van der Waals surface area contributed by atoms with Crippen molar-refractivity contribution < 1.29 is 29.0 Å². The Hall–Kier alpha value is -2.07. The number of aliphatic hydroxyl groups is 1. The molecule has 0 unspecified atom stereocenters. The number of nitrogens with one attached hydrogen (secondary N) is 1. The molecule has 4 rings (SSSR count). The van der Waals surface area contributed by atoms with Crippen LogP contribution in [-0.2, 0) is 16.1 Å². The number of rotatable bonds is 10. The Morgan fingerprint density at radius 3 is 2.62 bits per heavy atom. The number of benzene rings is 2. The van der Waals surface area contributed by atoms with Crippen LogP contribution in [0.5, 0.6) is 0 Å². The lowest BCUT2D eigenvalue weighted by Gasteiger charge is -2.26. The predicted octanol–water partition coefficient (Wildman–Crippen LogP) is 3.86. The Morgan fingerprint density at radius 1 is 1.27 bits per heavy atom. The molecule has 3 aromatic rings. The van der Waals surface area contributed by atoms with E-state index in [1.54, 1.807) is 24.5 Å². The molecule has 0 bridgehead atoms. The molecule has 1 fully saturated rings. The van der Waals surface area contributed by atoms with Crippen LogP contribution in [0.1, 0.15) is 23.2 Å². The fourth-order valence-corrected chi connectivity index (χ4v) is 4.75. The van der Waals surface area contributed by atoms with Crippen molar-refractivity contribution in [3.8, 4) is 0 Å². The molecule has 1 saturated heterocycles. The van der Waals surface area contributed by atoms with Gasteiger partial charge in [0, 0.05) is 23.2 Å². The van der Waals surface area contributed by atoms with Crippen LogP contribution in [0.3, 0.4) is 0 Å². The van der Waals surface area contributed by atoms with E-state index in [0.717, 1.165) is 49.3 Å². The number of carboxylic acid groups (broad SMARTS) is 1. The molecule has 10 nitrogen and oxygen atoms in total. The van der Waals surface area contributed by atoms with Crippen molar-refractivity contribution in [2.75, 3.05) is 51.4 Å². The molecule has 0 aliphatic carbocycles. The van der Waals surface area contributed by atoms with Gasteiger partial charge in [-0.3, -0.25) is 4.90 Å². The van der Waals surface area contributed by atoms with Gasteiger partial charge in [-0.05, 0) is 66.2 Å². The largest absolute Gasteiger partial charge is 0.478 e. The fraction of sp³-hybridized carbons (Fsp3) is 0.417. The monoisotopic (exact) mass is 649 g/mol. The number of aromatic nitrogens is 2. The van der Waals surface area contributed by atoms with Crippen LogP contribution in [-0.4, -0.2) is 76.7 Å². The number of imidazole rings is 1. The Morgan fingerprint density at radius 2 is 2.00 bits per heavy atom. The lowest BCUT2D eigenvalue weighted by molar-refractivity contribution is 0.0371. The summed E-state index contributed by atoms with van der Waals surface area (Å²) < 4.78 is 23.5. The molecule has 0 amide bonds. The first kappa shape index (κ1) is 29.5. The molecule has 2 heterocycles. The Kier molecular flexibility index (Phi) is 11.8. The first-order valence-electron chi connectivity index (χ1n) is 11.7. The maximum atomic E-state index is 15.4. The van der Waals surface area contributed by atoms with Crippen molar-refractivity contribution in [2.45, 2.75) is 19.4 Å². The first-order chi connectivity index (χ1) is 17.8. The Bertz CT molecular complexity index is 1190. The lowest BCUT2D eigenvalue weighted by Crippen LogP contribution is -2.36. The number of anilines is 2. The summed E-state index contributed by atoms with van der Waals surface area (Å²) in [6, 6.07) is 6.68. The second-order valence-corrected chi connectivity index (χ2v) is 9.88. The third-order valence-corrected chi connectivity index (χ3v) is 6.70. The topological polar surface area (TPSA) is 135 Å². The van der Waals surface area contributed by atoms with Crippen molar-refractivity contribution in [3.05, 3.63) is 50.6 Å². The fourth-order valence-electron chi connectivity index (χ4n) is 3.85. The molecular formula is C24H30ClFIN5O5. The summed E-state index contributed by atoms with van der Waals surface area (Å²) >= 11 is 8.36. The van der Waals surface area contributed by atoms with Gasteiger partial charge in [-0.1, -0.05) is 11.6 Å². The predicted molar refractivity (Wildman–Crippen MR) is 148 cm³/mol. The number of hydrogen-bond donors (Lipinski definition) is 4. The van der Waals surface area contributed by atoms with Gasteiger partial charge in [0.1, 0.15) is 5.52 Å². The van der Waals surface area contributed by atoms with Crippen LogP contribution in [0.25, 0.3) is 11.0 Å². The van der Waals surface area contributed by atoms with Gasteiger partial charge in [0.25, 0.3) is 0 Å². The second-order valence-electron chi connectivity index (χ2n) is 8.23. The quantitative estimate of drug-likeness (QED) is 0.147. The van der Waals surface area contributed by atoms with E-state index in [1.807, 2.05) is 4.57 Å². The van der Waals surface area contributed by atoms with Crippen LogP contribution in [0.2, 0.25) is 5.02 Å². The summed E-state index contributed by atoms with van der Waals surface area (Å²) in [5.74, 6) is 2.55. The number of aliphatic hydroxyl groups excluding tert-OH is 1. The number of morpholine rings is 1. The maximum Gasteiger partial charge on any atom is 0.338 e. The number of aryl methyl sites for hydroxylation is 1. The molecule has 0 radical (unpaired) electrons. The normalized spacial score (nSPS) is 13.9. The number of aromatic carboxylic acids is 1. The number of ether oxygens (including phenoxy) is 1. The third kappa shape index (κ3) is 8.21. The number of carboxylic acids is 1. The standard InChI is InChI=1S/C22H23ClFIN4O3.C2H7NO2/c23-16-11-14(25)3-4-17(16)27-20-15(22(30)31)12-18-21(19(20)24)26-13-29(18)6-2-1-5-28-7-9-32-10-8-28;3-5-2-1-4/h3-4,11-13,27H,1-2,5-10H2,(H,30,31);4H,1-3H2. The number of unbranched alkanes of at least 4 members (excludes halogenated alkanes) is 1. The van der Waals surface area contributed by atoms with Crippen LogP contribution >= 0.6 is 34.2 Å². The molecule has 1 aliphatic heterocycles. The summed E-state index contributed by atoms with van der Waals surface area (Å²) in [5.41, 5.74) is 0.707. The van der Waals surface area contributed by atoms with Crippen LogP contribution in [0.15, 0.2) is 30.6 Å². The van der Waals surface area contributed by atoms with Gasteiger partial charge >= 0.3 is 5.97 Å². The van der Waals surface area contributed by atoms with E-state index in [0.29, 0.717) is 22.8 Å². The van der Waals surface area contributed by atoms with Crippen molar-refractivity contribution in [1.82, 2.24) is 14.5 Å². The number of hydrogen-bond acceptors (Lipinski definition) is 8. The smallest absolute Gasteiger partial charge is 0.338 e. The summed E-state index contributed by atoms with van der Waals surface area (Å²) in [6.07, 6.45) is 3.43. The SMILES string of the molecule is NOCCO.O=C(O)c1cc2c(ncn2CCCCN2CCOCC2)c(F)c1Nc1ccc(I)cc1Cl. The van der Waals surface area contributed by atoms with Gasteiger partial charge in [0.15, 0.2) is 5.82 Å². The van der Waals surface area contributed by atoms with Gasteiger partial charge in [-0.15, -0.1) is 0 Å². The molecule has 0 atom stereocenters. The first-order valence-corrected chi connectivity index (χ1v) is 13.2. The van der Waals surface area contributed by atoms with Gasteiger partial charge < -0.3 is 29.7 Å². The maximum absolute atomic E-state index is 15.4. The average Bonchev–Trinajstić information content (AvgIpc) is 3.29. The molecule has 13 heteroatoms. The molecule has 1 aromatic heterocycles. The molecular weight excluding hydrogens is 620 g/mol. The Labute approximate surface area is 232 Å². The van der Waals surface area contributed by atoms with Crippen molar-refractivity contribution >= 4 is 62.6 Å². The highest BCUT2D eigenvalue weighted by atomic mass is 127. The van der Waals surface area contributed by atoms with Gasteiger partial charge in [-0.2, -0.15) is 0 Å². The summed E-state index contributed by atoms with van der Waals surface area (Å²) in [4.78, 5) is 22.5. The van der Waals surface area contributed by atoms with Crippen molar-refractivity contribution in [3.63, 3.8) is 0 Å². The van der Waals surface area contributed by atoms with E-state index in [-0.39, 0.29) is 30.0 Å². The highest BCUT2D eigenvalue weighted by molar-refractivity contribution is 14.1. The van der Waals surface area contributed by atoms with E-state index in [1.165, 1.54) is 6.07 Å². The molecule has 37 heavy (non-hydrogen) atoms. The third-order valence-electron chi connectivity index (χ3n) is 5.71. The van der Waals surface area contributed by atoms with Crippen molar-refractivity contribution in [2.24, 2.45) is 5.90 Å². The number of fused-ring (bicyclic) bond motifs is 1. The highest BCUT2D eigenvalue weighted by Crippen LogP contribution is 2.34. The van der Waals surface area contributed by atoms with Gasteiger partial charge in [-0.25, -0.2) is 20.1 Å². The summed E-state index contributed by atoms with van der Waals surface area (Å²) in [7, 11) is 0. The Balaban J connectivity index is 0.000000695. The minimum atomic E-state index is -1.23. The average molecular weight is 650 g/mol. The molecule has 1 aliphatic rings. The molecule has 202 valence electrons. The zero-order chi connectivity index (χ0) is 26.8. The molecule has 0 saturated carbocycles. The van der Waals surface area contributed by atoms with Crippen molar-refractivity contribution in [1.29, 1.82) is 0 Å². The summed E-state index contributed by atoms with van der Waals surface area (Å²) in [6.45, 7) is 5.27. The minimum absolute atomic E-state index is 0.00347. The number of nitrogens with zero attached hydrogens (tertiary/aromatic N) is 3. The van der Waals surface area contributed by atoms with Crippen LogP contribution in [0.4, 0.5) is 15.8 Å². The van der Waals surface area contributed by atoms with Crippen LogP contribution < -0.4 is 11.2 Å². The van der Waals surface area contributed by atoms with E-state index in [2.05, 4.69) is 48.5 Å². The van der Waals surface area contributed by atoms with E-state index in [9.17, 15) is 9.90 Å². The zero-order valence-corrected chi connectivity index (χ0v) is 23.0. The second kappa shape index (κ2) is 14.8. The van der Waals surface area contributed by atoms with Gasteiger partial charge in [0.2, 0.25) is 0 Å². The lowest BCUT2D eigenvalue weighted by atomic mass is 10.1. The van der Waals surface area contributed by atoms with Crippen LogP contribution in [0, 0.1) is 9.39 Å². The van der Waals surface area contributed by atoms with E-state index < -0.39 is 11.8 Å². The number of carbonyl (C=O) groups is 1. The number of nitrogens with two attached hydrogens (primary N) is 1. The molecule has 2 aromatic carbocycles. The van der Waals surface area contributed by atoms with E-state index in [4.69, 9.17) is 21.4 Å². The summed E-state index contributed by atoms with van der Waals surface area (Å²) in [5, 5.41) is 20.8. The molecule has 5 N–H and O–H groups in total. The zero-order valence-electron chi connectivity index (χ0n) is 20.1. The molecule has 0 spiro atoms. The highest BCUT2D eigenvalue weighted by Gasteiger charge is 2.22.